The number of nitrogens with two attached hydrogens (primary N) is 1. The summed E-state index contributed by atoms with van der Waals surface area (Å²) in [5, 5.41) is 3.30. The van der Waals surface area contributed by atoms with Crippen molar-refractivity contribution in [2.45, 2.75) is 24.9 Å². The van der Waals surface area contributed by atoms with E-state index in [9.17, 15) is 14.4 Å². The number of carbonyl (C=O) groups excluding carboxylic acids is 3. The number of anilines is 1. The van der Waals surface area contributed by atoms with Crippen LogP contribution in [0.4, 0.5) is 10.5 Å². The largest absolute Gasteiger partial charge is 0.447 e. The number of nitrogens with one attached hydrogen (secondary N) is 1. The molecule has 1 aliphatic rings. The van der Waals surface area contributed by atoms with Gasteiger partial charge in [0.15, 0.2) is 0 Å². The van der Waals surface area contributed by atoms with Crippen LogP contribution in [0.5, 0.6) is 0 Å². The Hall–Kier alpha value is -3.88. The number of hydrogen-bond donors (Lipinski definition) is 2. The molecule has 38 heavy (non-hydrogen) atoms. The second-order valence-corrected chi connectivity index (χ2v) is 9.69. The zero-order valence-corrected chi connectivity index (χ0v) is 21.8. The lowest BCUT2D eigenvalue weighted by Gasteiger charge is -2.46. The smallest absolute Gasteiger partial charge is 0.411 e. The molecule has 1 saturated heterocycles. The molecule has 0 unspecified atom stereocenters. The minimum atomic E-state index is -0.805. The zero-order valence-electron chi connectivity index (χ0n) is 21.0. The zero-order chi connectivity index (χ0) is 27.0. The van der Waals surface area contributed by atoms with Crippen LogP contribution < -0.4 is 11.1 Å². The highest BCUT2D eigenvalue weighted by atomic mass is 35.5. The first-order chi connectivity index (χ1) is 18.4. The standard InChI is InChI=1S/C29H31ClN4O4/c30-26-9-5-4-8-24(26)19-34(21-35)29(14-16-33(17-15-29)27(36)18-31)20-38-28(37)32-25-12-10-23(11-13-25)22-6-2-1-3-7-22/h1-13,21H,14-20,31H2,(H,32,37). The summed E-state index contributed by atoms with van der Waals surface area (Å²) in [4.78, 5) is 40.5. The average molecular weight is 535 g/mol. The molecule has 0 bridgehead atoms. The molecule has 3 N–H and O–H groups in total. The third kappa shape index (κ3) is 6.51. The SMILES string of the molecule is NCC(=O)N1CCC(COC(=O)Nc2ccc(-c3ccccc3)cc2)(N(C=O)Cc2ccccc2Cl)CC1. The van der Waals surface area contributed by atoms with Crippen LogP contribution in [0.1, 0.15) is 18.4 Å². The van der Waals surface area contributed by atoms with E-state index in [0.29, 0.717) is 36.6 Å². The molecule has 0 radical (unpaired) electrons. The van der Waals surface area contributed by atoms with Crippen molar-refractivity contribution < 1.29 is 19.1 Å². The third-order valence-electron chi connectivity index (χ3n) is 6.97. The minimum absolute atomic E-state index is 0.0330. The molecule has 1 aliphatic heterocycles. The van der Waals surface area contributed by atoms with Gasteiger partial charge < -0.3 is 20.3 Å². The Morgan fingerprint density at radius 1 is 0.974 bits per heavy atom. The van der Waals surface area contributed by atoms with E-state index in [2.05, 4.69) is 5.32 Å². The van der Waals surface area contributed by atoms with E-state index in [0.717, 1.165) is 23.1 Å². The summed E-state index contributed by atoms with van der Waals surface area (Å²) < 4.78 is 5.66. The Labute approximate surface area is 227 Å². The summed E-state index contributed by atoms with van der Waals surface area (Å²) in [6.45, 7) is 0.935. The van der Waals surface area contributed by atoms with Gasteiger partial charge in [0.1, 0.15) is 6.61 Å². The van der Waals surface area contributed by atoms with E-state index in [-0.39, 0.29) is 25.6 Å². The van der Waals surface area contributed by atoms with Crippen molar-refractivity contribution in [3.63, 3.8) is 0 Å². The maximum absolute atomic E-state index is 12.8. The molecule has 4 rings (SSSR count). The Kier molecular flexibility index (Phi) is 8.99. The van der Waals surface area contributed by atoms with Crippen molar-refractivity contribution in [1.29, 1.82) is 0 Å². The Bertz CT molecular complexity index is 1240. The predicted molar refractivity (Wildman–Crippen MR) is 148 cm³/mol. The summed E-state index contributed by atoms with van der Waals surface area (Å²) in [7, 11) is 0. The van der Waals surface area contributed by atoms with Crippen LogP contribution >= 0.6 is 11.6 Å². The summed E-state index contributed by atoms with van der Waals surface area (Å²) in [6, 6.07) is 24.7. The number of likely N-dealkylation sites (tertiary alicyclic amines) is 1. The second-order valence-electron chi connectivity index (χ2n) is 9.28. The molecular formula is C29H31ClN4O4. The van der Waals surface area contributed by atoms with Gasteiger partial charge in [0.2, 0.25) is 12.3 Å². The van der Waals surface area contributed by atoms with Gasteiger partial charge in [-0.2, -0.15) is 0 Å². The highest BCUT2D eigenvalue weighted by molar-refractivity contribution is 6.31. The number of nitrogens with zero attached hydrogens (tertiary/aromatic N) is 2. The van der Waals surface area contributed by atoms with Crippen LogP contribution in [0.3, 0.4) is 0 Å². The van der Waals surface area contributed by atoms with Gasteiger partial charge in [0, 0.05) is 30.3 Å². The molecule has 0 aromatic heterocycles. The minimum Gasteiger partial charge on any atom is -0.447 e. The summed E-state index contributed by atoms with van der Waals surface area (Å²) in [5.41, 5.74) is 8.22. The first-order valence-corrected chi connectivity index (χ1v) is 12.8. The van der Waals surface area contributed by atoms with Crippen LogP contribution in [0, 0.1) is 0 Å². The predicted octanol–water partition coefficient (Wildman–Crippen LogP) is 4.53. The second kappa shape index (κ2) is 12.6. The van der Waals surface area contributed by atoms with Gasteiger partial charge >= 0.3 is 6.09 Å². The maximum atomic E-state index is 12.8. The lowest BCUT2D eigenvalue weighted by atomic mass is 9.86. The molecule has 0 spiro atoms. The molecule has 1 heterocycles. The van der Waals surface area contributed by atoms with E-state index < -0.39 is 11.6 Å². The Morgan fingerprint density at radius 3 is 2.24 bits per heavy atom. The normalized spacial score (nSPS) is 14.4. The van der Waals surface area contributed by atoms with Gasteiger partial charge in [0.25, 0.3) is 0 Å². The molecule has 0 atom stereocenters. The molecule has 9 heteroatoms. The quantitative estimate of drug-likeness (QED) is 0.392. The van der Waals surface area contributed by atoms with Gasteiger partial charge in [-0.05, 0) is 47.7 Å². The van der Waals surface area contributed by atoms with Crippen LogP contribution in [-0.2, 0) is 20.9 Å². The van der Waals surface area contributed by atoms with Crippen molar-refractivity contribution in [2.75, 3.05) is 31.6 Å². The van der Waals surface area contributed by atoms with E-state index in [1.807, 2.05) is 72.8 Å². The number of amides is 3. The number of benzene rings is 3. The molecule has 1 fully saturated rings. The molecule has 3 aromatic carbocycles. The number of rotatable bonds is 9. The first-order valence-electron chi connectivity index (χ1n) is 12.5. The van der Waals surface area contributed by atoms with E-state index in [1.54, 1.807) is 15.9 Å². The van der Waals surface area contributed by atoms with Crippen LogP contribution in [-0.4, -0.2) is 60.0 Å². The maximum Gasteiger partial charge on any atom is 0.411 e. The number of ether oxygens (including phenoxy) is 1. The first kappa shape index (κ1) is 27.2. The average Bonchev–Trinajstić information content (AvgIpc) is 2.96. The van der Waals surface area contributed by atoms with Gasteiger partial charge in [-0.3, -0.25) is 14.9 Å². The Balaban J connectivity index is 1.45. The monoisotopic (exact) mass is 534 g/mol. The van der Waals surface area contributed by atoms with Crippen LogP contribution in [0.15, 0.2) is 78.9 Å². The van der Waals surface area contributed by atoms with Crippen LogP contribution in [0.25, 0.3) is 11.1 Å². The molecule has 3 aromatic rings. The summed E-state index contributed by atoms with van der Waals surface area (Å²) in [5.74, 6) is -0.153. The highest BCUT2D eigenvalue weighted by Crippen LogP contribution is 2.32. The number of halogens is 1. The lowest BCUT2D eigenvalue weighted by Crippen LogP contribution is -2.59. The van der Waals surface area contributed by atoms with Crippen molar-refractivity contribution in [1.82, 2.24) is 9.80 Å². The van der Waals surface area contributed by atoms with Crippen molar-refractivity contribution in [3.8, 4) is 11.1 Å². The van der Waals surface area contributed by atoms with E-state index in [4.69, 9.17) is 22.1 Å². The Morgan fingerprint density at radius 2 is 1.61 bits per heavy atom. The van der Waals surface area contributed by atoms with Crippen molar-refractivity contribution in [3.05, 3.63) is 89.4 Å². The van der Waals surface area contributed by atoms with E-state index in [1.165, 1.54) is 0 Å². The molecule has 8 nitrogen and oxygen atoms in total. The van der Waals surface area contributed by atoms with Crippen molar-refractivity contribution >= 4 is 35.7 Å². The molecule has 0 saturated carbocycles. The van der Waals surface area contributed by atoms with Crippen molar-refractivity contribution in [2.24, 2.45) is 5.73 Å². The topological polar surface area (TPSA) is 105 Å². The number of piperidine rings is 1. The molecular weight excluding hydrogens is 504 g/mol. The van der Waals surface area contributed by atoms with Crippen LogP contribution in [0.2, 0.25) is 5.02 Å². The molecule has 0 aliphatic carbocycles. The van der Waals surface area contributed by atoms with Gasteiger partial charge in [-0.15, -0.1) is 0 Å². The third-order valence-corrected chi connectivity index (χ3v) is 7.34. The van der Waals surface area contributed by atoms with E-state index >= 15 is 0 Å². The lowest BCUT2D eigenvalue weighted by molar-refractivity contribution is -0.137. The number of hydrogen-bond acceptors (Lipinski definition) is 5. The highest BCUT2D eigenvalue weighted by Gasteiger charge is 2.42. The van der Waals surface area contributed by atoms with Gasteiger partial charge in [-0.25, -0.2) is 4.79 Å². The summed E-state index contributed by atoms with van der Waals surface area (Å²) in [6.07, 6.45) is 0.996. The van der Waals surface area contributed by atoms with Gasteiger partial charge in [-0.1, -0.05) is 72.3 Å². The fourth-order valence-electron chi connectivity index (χ4n) is 4.67. The molecule has 3 amide bonds. The van der Waals surface area contributed by atoms with Gasteiger partial charge in [0.05, 0.1) is 12.1 Å². The fourth-order valence-corrected chi connectivity index (χ4v) is 4.87. The number of carbonyl (C=O) groups is 3. The molecule has 198 valence electrons. The summed E-state index contributed by atoms with van der Waals surface area (Å²) >= 11 is 6.36. The fraction of sp³-hybridized carbons (Fsp3) is 0.276.